The van der Waals surface area contributed by atoms with Gasteiger partial charge in [0.2, 0.25) is 6.79 Å². The van der Waals surface area contributed by atoms with Crippen molar-refractivity contribution in [3.8, 4) is 17.2 Å². The van der Waals surface area contributed by atoms with Gasteiger partial charge in [-0.1, -0.05) is 24.3 Å². The molecule has 3 aromatic rings. The topological polar surface area (TPSA) is 86.6 Å². The molecule has 156 valence electrons. The minimum atomic E-state index is -0.481. The van der Waals surface area contributed by atoms with E-state index in [1.165, 1.54) is 0 Å². The molecule has 0 saturated heterocycles. The molecule has 2 aromatic carbocycles. The van der Waals surface area contributed by atoms with Gasteiger partial charge in [0.25, 0.3) is 0 Å². The van der Waals surface area contributed by atoms with Crippen LogP contribution >= 0.6 is 0 Å². The number of ether oxygens (including phenoxy) is 3. The Kier molecular flexibility index (Phi) is 5.47. The summed E-state index contributed by atoms with van der Waals surface area (Å²) in [5, 5.41) is 6.02. The number of hydrogen-bond acceptors (Lipinski definition) is 5. The number of para-hydroxylation sites is 1. The zero-order valence-corrected chi connectivity index (χ0v) is 17.1. The SMILES string of the molecule is COc1ccccc1[C@H](NC(=O)N[C@@H](C)c1ccc2c(c1)OCO2)c1nccn1C. The van der Waals surface area contributed by atoms with Crippen LogP contribution in [-0.4, -0.2) is 29.5 Å². The third kappa shape index (κ3) is 3.89. The third-order valence-corrected chi connectivity index (χ3v) is 5.09. The van der Waals surface area contributed by atoms with Gasteiger partial charge >= 0.3 is 6.03 Å². The Morgan fingerprint density at radius 1 is 1.17 bits per heavy atom. The van der Waals surface area contributed by atoms with E-state index >= 15 is 0 Å². The van der Waals surface area contributed by atoms with Crippen LogP contribution in [0.25, 0.3) is 0 Å². The summed E-state index contributed by atoms with van der Waals surface area (Å²) in [7, 11) is 3.50. The zero-order chi connectivity index (χ0) is 21.1. The van der Waals surface area contributed by atoms with E-state index in [9.17, 15) is 4.79 Å². The largest absolute Gasteiger partial charge is 0.496 e. The number of aromatic nitrogens is 2. The average Bonchev–Trinajstić information content (AvgIpc) is 3.40. The second kappa shape index (κ2) is 8.36. The molecule has 1 aromatic heterocycles. The summed E-state index contributed by atoms with van der Waals surface area (Å²) in [4.78, 5) is 17.3. The molecule has 4 rings (SSSR count). The number of benzene rings is 2. The summed E-state index contributed by atoms with van der Waals surface area (Å²) in [5.74, 6) is 2.77. The summed E-state index contributed by atoms with van der Waals surface area (Å²) < 4.78 is 18.2. The lowest BCUT2D eigenvalue weighted by atomic mass is 10.0. The van der Waals surface area contributed by atoms with E-state index < -0.39 is 6.04 Å². The highest BCUT2D eigenvalue weighted by Crippen LogP contribution is 2.34. The van der Waals surface area contributed by atoms with Gasteiger partial charge in [0, 0.05) is 25.0 Å². The first-order valence-electron chi connectivity index (χ1n) is 9.63. The van der Waals surface area contributed by atoms with E-state index in [4.69, 9.17) is 14.2 Å². The number of rotatable bonds is 6. The fraction of sp³-hybridized carbons (Fsp3) is 0.273. The Balaban J connectivity index is 1.54. The number of fused-ring (bicyclic) bond motifs is 1. The minimum Gasteiger partial charge on any atom is -0.496 e. The monoisotopic (exact) mass is 408 g/mol. The van der Waals surface area contributed by atoms with E-state index in [0.29, 0.717) is 23.1 Å². The van der Waals surface area contributed by atoms with Gasteiger partial charge in [-0.25, -0.2) is 9.78 Å². The van der Waals surface area contributed by atoms with Crippen molar-refractivity contribution in [3.63, 3.8) is 0 Å². The quantitative estimate of drug-likeness (QED) is 0.654. The van der Waals surface area contributed by atoms with E-state index in [-0.39, 0.29) is 18.9 Å². The van der Waals surface area contributed by atoms with Crippen LogP contribution in [0.2, 0.25) is 0 Å². The van der Waals surface area contributed by atoms with Crippen LogP contribution in [0, 0.1) is 0 Å². The number of nitrogens with one attached hydrogen (secondary N) is 2. The van der Waals surface area contributed by atoms with Crippen LogP contribution in [0.1, 0.15) is 36.0 Å². The van der Waals surface area contributed by atoms with Crippen molar-refractivity contribution in [2.75, 3.05) is 13.9 Å². The van der Waals surface area contributed by atoms with E-state index in [1.807, 2.05) is 67.2 Å². The number of urea groups is 1. The van der Waals surface area contributed by atoms with E-state index in [2.05, 4.69) is 15.6 Å². The lowest BCUT2D eigenvalue weighted by Gasteiger charge is -2.23. The molecular weight excluding hydrogens is 384 g/mol. The third-order valence-electron chi connectivity index (χ3n) is 5.09. The summed E-state index contributed by atoms with van der Waals surface area (Å²) in [5.41, 5.74) is 1.74. The summed E-state index contributed by atoms with van der Waals surface area (Å²) >= 11 is 0. The number of amides is 2. The van der Waals surface area contributed by atoms with Crippen LogP contribution in [-0.2, 0) is 7.05 Å². The first kappa shape index (κ1) is 19.6. The highest BCUT2D eigenvalue weighted by atomic mass is 16.7. The Morgan fingerprint density at radius 2 is 1.97 bits per heavy atom. The summed E-state index contributed by atoms with van der Waals surface area (Å²) in [6, 6.07) is 12.2. The number of carbonyl (C=O) groups is 1. The molecule has 0 radical (unpaired) electrons. The van der Waals surface area contributed by atoms with Crippen molar-refractivity contribution >= 4 is 6.03 Å². The van der Waals surface area contributed by atoms with Crippen molar-refractivity contribution < 1.29 is 19.0 Å². The average molecular weight is 408 g/mol. The van der Waals surface area contributed by atoms with Crippen molar-refractivity contribution in [1.82, 2.24) is 20.2 Å². The Morgan fingerprint density at radius 3 is 2.73 bits per heavy atom. The smallest absolute Gasteiger partial charge is 0.316 e. The second-order valence-corrected chi connectivity index (χ2v) is 7.02. The zero-order valence-electron chi connectivity index (χ0n) is 17.1. The van der Waals surface area contributed by atoms with Gasteiger partial charge in [-0.05, 0) is 30.7 Å². The fourth-order valence-electron chi connectivity index (χ4n) is 3.48. The molecule has 1 aliphatic heterocycles. The second-order valence-electron chi connectivity index (χ2n) is 7.02. The molecule has 2 N–H and O–H groups in total. The summed E-state index contributed by atoms with van der Waals surface area (Å²) in [6.45, 7) is 2.13. The predicted octanol–water partition coefficient (Wildman–Crippen LogP) is 3.31. The van der Waals surface area contributed by atoms with Crippen LogP contribution in [0.15, 0.2) is 54.9 Å². The Bertz CT molecular complexity index is 1050. The maximum absolute atomic E-state index is 12.9. The molecule has 2 atom stereocenters. The van der Waals surface area contributed by atoms with Crippen molar-refractivity contribution in [2.45, 2.75) is 19.0 Å². The summed E-state index contributed by atoms with van der Waals surface area (Å²) in [6.07, 6.45) is 3.54. The highest BCUT2D eigenvalue weighted by molar-refractivity contribution is 5.75. The first-order chi connectivity index (χ1) is 14.6. The molecule has 1 aliphatic rings. The van der Waals surface area contributed by atoms with Crippen molar-refractivity contribution in [1.29, 1.82) is 0 Å². The molecule has 0 aliphatic carbocycles. The lowest BCUT2D eigenvalue weighted by molar-refractivity contribution is 0.174. The van der Waals surface area contributed by atoms with Crippen molar-refractivity contribution in [2.24, 2.45) is 7.05 Å². The fourth-order valence-corrected chi connectivity index (χ4v) is 3.48. The van der Waals surface area contributed by atoms with Gasteiger partial charge < -0.3 is 29.4 Å². The number of hydrogen-bond donors (Lipinski definition) is 2. The van der Waals surface area contributed by atoms with E-state index in [0.717, 1.165) is 11.1 Å². The van der Waals surface area contributed by atoms with Crippen LogP contribution in [0.5, 0.6) is 17.2 Å². The molecule has 8 nitrogen and oxygen atoms in total. The standard InChI is InChI=1S/C22H24N4O4/c1-14(15-8-9-18-19(12-15)30-13-29-18)24-22(27)25-20(21-23-10-11-26(21)2)16-6-4-5-7-17(16)28-3/h4-12,14,20H,13H2,1-3H3,(H2,24,25,27)/t14-,20-/m0/s1. The van der Waals surface area contributed by atoms with Crippen LogP contribution in [0.3, 0.4) is 0 Å². The Hall–Kier alpha value is -3.68. The van der Waals surface area contributed by atoms with Crippen molar-refractivity contribution in [3.05, 3.63) is 71.8 Å². The van der Waals surface area contributed by atoms with Gasteiger partial charge in [0.1, 0.15) is 17.6 Å². The van der Waals surface area contributed by atoms with Gasteiger partial charge in [-0.15, -0.1) is 0 Å². The predicted molar refractivity (Wildman–Crippen MR) is 111 cm³/mol. The maximum atomic E-state index is 12.9. The molecule has 0 spiro atoms. The minimum absolute atomic E-state index is 0.214. The molecule has 0 fully saturated rings. The number of methoxy groups -OCH3 is 1. The molecule has 0 unspecified atom stereocenters. The van der Waals surface area contributed by atoms with E-state index in [1.54, 1.807) is 13.3 Å². The highest BCUT2D eigenvalue weighted by Gasteiger charge is 2.25. The molecule has 2 amide bonds. The van der Waals surface area contributed by atoms with Crippen LogP contribution < -0.4 is 24.8 Å². The number of aryl methyl sites for hydroxylation is 1. The lowest BCUT2D eigenvalue weighted by Crippen LogP contribution is -2.40. The molecule has 30 heavy (non-hydrogen) atoms. The molecular formula is C22H24N4O4. The normalized spacial score (nSPS) is 14.1. The van der Waals surface area contributed by atoms with Gasteiger partial charge in [-0.2, -0.15) is 0 Å². The molecule has 2 heterocycles. The molecule has 0 bridgehead atoms. The Labute approximate surface area is 174 Å². The number of nitrogens with zero attached hydrogens (tertiary/aromatic N) is 2. The van der Waals surface area contributed by atoms with Gasteiger partial charge in [-0.3, -0.25) is 0 Å². The molecule has 0 saturated carbocycles. The first-order valence-corrected chi connectivity index (χ1v) is 9.63. The maximum Gasteiger partial charge on any atom is 0.316 e. The van der Waals surface area contributed by atoms with Crippen LogP contribution in [0.4, 0.5) is 4.79 Å². The van der Waals surface area contributed by atoms with Gasteiger partial charge in [0.15, 0.2) is 11.5 Å². The number of carbonyl (C=O) groups excluding carboxylic acids is 1. The molecule has 8 heteroatoms. The van der Waals surface area contributed by atoms with Gasteiger partial charge in [0.05, 0.1) is 13.2 Å². The number of imidazole rings is 1.